The second kappa shape index (κ2) is 10.8. The Kier molecular flexibility index (Phi) is 7.06. The van der Waals surface area contributed by atoms with Crippen molar-refractivity contribution in [2.24, 2.45) is 23.7 Å². The number of pyridine rings is 2. The smallest absolute Gasteiger partial charge is 0.281 e. The number of aromatic nitrogens is 4. The zero-order chi connectivity index (χ0) is 29.8. The summed E-state index contributed by atoms with van der Waals surface area (Å²) in [5.74, 6) is 4.10. The number of carbonyl (C=O) groups excluding carboxylic acids is 1. The number of ether oxygens (including phenoxy) is 1. The summed E-state index contributed by atoms with van der Waals surface area (Å²) in [6.07, 6.45) is 10.1. The SMILES string of the molecule is CC1(C)C[C@H]2CCNc3cccc(n3)S(=O)(=O)NC(=O)c3ccc(-n4ccc(OCCC(C5CC5)C5CC5)n4)nc3N1C2. The van der Waals surface area contributed by atoms with Gasteiger partial charge in [-0.25, -0.2) is 19.4 Å². The number of hydrogen-bond acceptors (Lipinski definition) is 9. The van der Waals surface area contributed by atoms with Gasteiger partial charge in [-0.2, -0.15) is 8.42 Å². The fraction of sp³-hybridized carbons (Fsp3) is 0.548. The third-order valence-electron chi connectivity index (χ3n) is 9.36. The van der Waals surface area contributed by atoms with E-state index in [9.17, 15) is 13.2 Å². The summed E-state index contributed by atoms with van der Waals surface area (Å²) in [5, 5.41) is 7.65. The van der Waals surface area contributed by atoms with Crippen LogP contribution in [0.5, 0.6) is 5.88 Å². The zero-order valence-corrected chi connectivity index (χ0v) is 25.5. The summed E-state index contributed by atoms with van der Waals surface area (Å²) in [6.45, 7) is 6.24. The number of rotatable bonds is 7. The molecule has 43 heavy (non-hydrogen) atoms. The second-order valence-corrected chi connectivity index (χ2v) is 14.7. The summed E-state index contributed by atoms with van der Waals surface area (Å²) in [7, 11) is -4.21. The number of hydrogen-bond donors (Lipinski definition) is 2. The van der Waals surface area contributed by atoms with Crippen molar-refractivity contribution < 1.29 is 17.9 Å². The maximum atomic E-state index is 13.6. The minimum Gasteiger partial charge on any atom is -0.477 e. The van der Waals surface area contributed by atoms with Crippen LogP contribution in [0.3, 0.4) is 0 Å². The number of carbonyl (C=O) groups is 1. The van der Waals surface area contributed by atoms with E-state index in [0.717, 1.165) is 37.0 Å². The van der Waals surface area contributed by atoms with Crippen LogP contribution in [0.1, 0.15) is 69.2 Å². The first-order valence-electron chi connectivity index (χ1n) is 15.4. The quantitative estimate of drug-likeness (QED) is 0.402. The largest absolute Gasteiger partial charge is 0.477 e. The van der Waals surface area contributed by atoms with Gasteiger partial charge in [0.2, 0.25) is 5.88 Å². The third-order valence-corrected chi connectivity index (χ3v) is 10.6. The van der Waals surface area contributed by atoms with E-state index in [2.05, 4.69) is 38.9 Å². The minimum atomic E-state index is -4.21. The van der Waals surface area contributed by atoms with E-state index in [1.807, 2.05) is 6.07 Å². The van der Waals surface area contributed by atoms with Gasteiger partial charge in [0.15, 0.2) is 10.8 Å². The lowest BCUT2D eigenvalue weighted by molar-refractivity contribution is 0.0981. The van der Waals surface area contributed by atoms with Gasteiger partial charge in [-0.05, 0) is 107 Å². The molecule has 1 saturated heterocycles. The Morgan fingerprint density at radius 3 is 2.60 bits per heavy atom. The van der Waals surface area contributed by atoms with Crippen LogP contribution in [0.25, 0.3) is 5.82 Å². The van der Waals surface area contributed by atoms with Gasteiger partial charge in [-0.15, -0.1) is 5.10 Å². The molecule has 0 aromatic carbocycles. The summed E-state index contributed by atoms with van der Waals surface area (Å²) in [5.41, 5.74) is -0.125. The molecule has 4 aliphatic rings. The molecule has 2 N–H and O–H groups in total. The third kappa shape index (κ3) is 5.93. The van der Waals surface area contributed by atoms with Gasteiger partial charge in [0, 0.05) is 30.9 Å². The molecule has 3 aromatic rings. The van der Waals surface area contributed by atoms with Crippen LogP contribution in [0.2, 0.25) is 0 Å². The van der Waals surface area contributed by atoms with E-state index in [4.69, 9.17) is 9.72 Å². The molecule has 2 saturated carbocycles. The Morgan fingerprint density at radius 2 is 1.84 bits per heavy atom. The first-order valence-corrected chi connectivity index (χ1v) is 16.9. The molecule has 228 valence electrons. The van der Waals surface area contributed by atoms with Crippen molar-refractivity contribution in [2.45, 2.75) is 69.4 Å². The standard InChI is InChI=1S/C31H39N7O4S/c1-31(2)18-20-12-15-32-25-4-3-5-28(33-25)43(40,41)36-30(39)24-10-11-26(34-29(24)37(31)19-20)38-16-13-27(35-38)42-17-14-23(21-6-7-21)22-8-9-22/h3-5,10-11,13,16,20-23H,6-9,12,14-15,17-19H2,1-2H3,(H,32,33)(H,36,39)/t20-/m1/s1. The molecule has 2 aliphatic heterocycles. The van der Waals surface area contributed by atoms with E-state index < -0.39 is 15.9 Å². The number of fused-ring (bicyclic) bond motifs is 6. The lowest BCUT2D eigenvalue weighted by atomic mass is 9.94. The molecule has 11 nitrogen and oxygen atoms in total. The molecule has 4 bridgehead atoms. The molecule has 0 unspecified atom stereocenters. The van der Waals surface area contributed by atoms with Crippen molar-refractivity contribution in [3.05, 3.63) is 48.2 Å². The van der Waals surface area contributed by atoms with E-state index in [-0.39, 0.29) is 16.1 Å². The molecule has 0 radical (unpaired) electrons. The van der Waals surface area contributed by atoms with Crippen molar-refractivity contribution in [3.63, 3.8) is 0 Å². The van der Waals surface area contributed by atoms with Crippen molar-refractivity contribution in [1.29, 1.82) is 0 Å². The summed E-state index contributed by atoms with van der Waals surface area (Å²) in [6, 6.07) is 9.86. The average Bonchev–Trinajstić information content (AvgIpc) is 3.91. The monoisotopic (exact) mass is 605 g/mol. The molecule has 1 atom stereocenters. The predicted octanol–water partition coefficient (Wildman–Crippen LogP) is 4.41. The van der Waals surface area contributed by atoms with Crippen molar-refractivity contribution in [1.82, 2.24) is 24.5 Å². The maximum Gasteiger partial charge on any atom is 0.281 e. The van der Waals surface area contributed by atoms with Gasteiger partial charge in [-0.1, -0.05) is 6.07 Å². The normalized spacial score (nSPS) is 22.8. The number of nitrogens with one attached hydrogen (secondary N) is 2. The molecule has 0 spiro atoms. The Labute approximate surface area is 252 Å². The molecule has 3 aromatic heterocycles. The summed E-state index contributed by atoms with van der Waals surface area (Å²) < 4.78 is 36.2. The van der Waals surface area contributed by atoms with Gasteiger partial charge in [0.25, 0.3) is 15.9 Å². The van der Waals surface area contributed by atoms with Crippen molar-refractivity contribution in [3.8, 4) is 11.7 Å². The number of sulfonamides is 1. The highest BCUT2D eigenvalue weighted by molar-refractivity contribution is 7.90. The number of anilines is 2. The van der Waals surface area contributed by atoms with Gasteiger partial charge in [0.05, 0.1) is 12.2 Å². The lowest BCUT2D eigenvalue weighted by Gasteiger charge is -2.34. The van der Waals surface area contributed by atoms with E-state index >= 15 is 0 Å². The Balaban J connectivity index is 1.17. The fourth-order valence-corrected chi connectivity index (χ4v) is 7.85. The summed E-state index contributed by atoms with van der Waals surface area (Å²) in [4.78, 5) is 24.8. The number of nitrogens with zero attached hydrogens (tertiary/aromatic N) is 5. The van der Waals surface area contributed by atoms with E-state index in [1.54, 1.807) is 35.1 Å². The molecular formula is C31H39N7O4S. The Bertz CT molecular complexity index is 1620. The molecule has 5 heterocycles. The summed E-state index contributed by atoms with van der Waals surface area (Å²) >= 11 is 0. The highest BCUT2D eigenvalue weighted by atomic mass is 32.2. The van der Waals surface area contributed by atoms with E-state index in [0.29, 0.717) is 48.9 Å². The molecule has 12 heteroatoms. The van der Waals surface area contributed by atoms with E-state index in [1.165, 1.54) is 31.7 Å². The van der Waals surface area contributed by atoms with Gasteiger partial charge < -0.3 is 15.0 Å². The van der Waals surface area contributed by atoms with Gasteiger partial charge in [-0.3, -0.25) is 4.79 Å². The van der Waals surface area contributed by atoms with Gasteiger partial charge >= 0.3 is 0 Å². The Hall–Kier alpha value is -3.67. The predicted molar refractivity (Wildman–Crippen MR) is 162 cm³/mol. The first kappa shape index (κ1) is 28.1. The molecular weight excluding hydrogens is 566 g/mol. The van der Waals surface area contributed by atoms with Crippen LogP contribution in [0, 0.1) is 23.7 Å². The fourth-order valence-electron chi connectivity index (χ4n) is 6.92. The van der Waals surface area contributed by atoms with Crippen LogP contribution >= 0.6 is 0 Å². The maximum absolute atomic E-state index is 13.6. The second-order valence-electron chi connectivity index (χ2n) is 13.1. The molecule has 2 aliphatic carbocycles. The first-order chi connectivity index (χ1) is 20.7. The van der Waals surface area contributed by atoms with Gasteiger partial charge in [0.1, 0.15) is 11.6 Å². The molecule has 7 rings (SSSR count). The van der Waals surface area contributed by atoms with Crippen LogP contribution in [-0.2, 0) is 10.0 Å². The van der Waals surface area contributed by atoms with Crippen molar-refractivity contribution in [2.75, 3.05) is 29.9 Å². The molecule has 3 fully saturated rings. The average molecular weight is 606 g/mol. The number of amides is 1. The van der Waals surface area contributed by atoms with Crippen LogP contribution in [-0.4, -0.2) is 59.3 Å². The van der Waals surface area contributed by atoms with Crippen LogP contribution in [0.4, 0.5) is 11.6 Å². The molecule has 1 amide bonds. The van der Waals surface area contributed by atoms with Crippen LogP contribution in [0.15, 0.2) is 47.6 Å². The van der Waals surface area contributed by atoms with Crippen molar-refractivity contribution >= 4 is 27.6 Å². The minimum absolute atomic E-state index is 0.183. The lowest BCUT2D eigenvalue weighted by Crippen LogP contribution is -2.41. The highest BCUT2D eigenvalue weighted by Gasteiger charge is 2.42. The zero-order valence-electron chi connectivity index (χ0n) is 24.7. The highest BCUT2D eigenvalue weighted by Crippen LogP contribution is 2.50. The Morgan fingerprint density at radius 1 is 1.05 bits per heavy atom. The topological polar surface area (TPSA) is 131 Å². The van der Waals surface area contributed by atoms with Crippen LogP contribution < -0.4 is 19.7 Å².